The van der Waals surface area contributed by atoms with Crippen molar-refractivity contribution in [2.45, 2.75) is 26.2 Å². The topological polar surface area (TPSA) is 48.2 Å². The SMILES string of the molecule is COc1nc(C(C)(C)C)no1. The van der Waals surface area contributed by atoms with Gasteiger partial charge in [-0.1, -0.05) is 25.9 Å². The van der Waals surface area contributed by atoms with Gasteiger partial charge in [-0.05, 0) is 0 Å². The molecule has 1 rings (SSSR count). The predicted octanol–water partition coefficient (Wildman–Crippen LogP) is 1.38. The third-order valence-corrected chi connectivity index (χ3v) is 1.25. The number of hydrogen-bond acceptors (Lipinski definition) is 4. The van der Waals surface area contributed by atoms with Crippen LogP contribution in [0.2, 0.25) is 0 Å². The normalized spacial score (nSPS) is 11.6. The highest BCUT2D eigenvalue weighted by Gasteiger charge is 2.20. The zero-order valence-electron chi connectivity index (χ0n) is 7.21. The summed E-state index contributed by atoms with van der Waals surface area (Å²) >= 11 is 0. The predicted molar refractivity (Wildman–Crippen MR) is 39.6 cm³/mol. The third kappa shape index (κ3) is 1.69. The lowest BCUT2D eigenvalue weighted by Crippen LogP contribution is -2.13. The Labute approximate surface area is 65.6 Å². The first-order valence-corrected chi connectivity index (χ1v) is 3.42. The Bertz CT molecular complexity index is 237. The molecule has 0 saturated heterocycles. The minimum Gasteiger partial charge on any atom is -0.452 e. The van der Waals surface area contributed by atoms with Crippen LogP contribution in [0.5, 0.6) is 6.08 Å². The molecule has 1 heterocycles. The number of hydrogen-bond donors (Lipinski definition) is 0. The van der Waals surface area contributed by atoms with Crippen molar-refractivity contribution in [1.82, 2.24) is 10.1 Å². The van der Waals surface area contributed by atoms with Crippen molar-refractivity contribution in [1.29, 1.82) is 0 Å². The van der Waals surface area contributed by atoms with Crippen LogP contribution in [0, 0.1) is 0 Å². The smallest absolute Gasteiger partial charge is 0.417 e. The summed E-state index contributed by atoms with van der Waals surface area (Å²) in [7, 11) is 1.50. The van der Waals surface area contributed by atoms with E-state index in [0.717, 1.165) is 0 Å². The van der Waals surface area contributed by atoms with Gasteiger partial charge in [-0.3, -0.25) is 4.52 Å². The first-order chi connectivity index (χ1) is 5.04. The molecule has 11 heavy (non-hydrogen) atoms. The first kappa shape index (κ1) is 8.04. The molecule has 0 radical (unpaired) electrons. The van der Waals surface area contributed by atoms with E-state index in [1.165, 1.54) is 7.11 Å². The summed E-state index contributed by atoms with van der Waals surface area (Å²) in [6, 6.07) is 0. The van der Waals surface area contributed by atoms with E-state index < -0.39 is 0 Å². The maximum Gasteiger partial charge on any atom is 0.417 e. The minimum atomic E-state index is -0.0831. The van der Waals surface area contributed by atoms with Crippen molar-refractivity contribution in [3.8, 4) is 6.08 Å². The van der Waals surface area contributed by atoms with Gasteiger partial charge in [0.1, 0.15) is 0 Å². The van der Waals surface area contributed by atoms with E-state index in [-0.39, 0.29) is 11.5 Å². The quantitative estimate of drug-likeness (QED) is 0.616. The van der Waals surface area contributed by atoms with Crippen LogP contribution in [0.15, 0.2) is 4.52 Å². The van der Waals surface area contributed by atoms with Crippen molar-refractivity contribution < 1.29 is 9.26 Å². The molecule has 0 amide bonds. The van der Waals surface area contributed by atoms with Gasteiger partial charge in [0, 0.05) is 5.41 Å². The number of ether oxygens (including phenoxy) is 1. The van der Waals surface area contributed by atoms with Crippen molar-refractivity contribution in [2.24, 2.45) is 0 Å². The maximum absolute atomic E-state index is 4.76. The van der Waals surface area contributed by atoms with Gasteiger partial charge in [0.2, 0.25) is 0 Å². The Morgan fingerprint density at radius 1 is 1.36 bits per heavy atom. The summed E-state index contributed by atoms with van der Waals surface area (Å²) in [5.74, 6) is 0.661. The summed E-state index contributed by atoms with van der Waals surface area (Å²) in [5, 5.41) is 3.75. The molecular weight excluding hydrogens is 144 g/mol. The van der Waals surface area contributed by atoms with Crippen molar-refractivity contribution >= 4 is 0 Å². The van der Waals surface area contributed by atoms with Crippen LogP contribution in [0.25, 0.3) is 0 Å². The molecule has 0 atom stereocenters. The summed E-state index contributed by atoms with van der Waals surface area (Å²) in [5.41, 5.74) is -0.0831. The average molecular weight is 156 g/mol. The summed E-state index contributed by atoms with van der Waals surface area (Å²) in [4.78, 5) is 4.00. The Morgan fingerprint density at radius 2 is 2.00 bits per heavy atom. The van der Waals surface area contributed by atoms with E-state index >= 15 is 0 Å². The van der Waals surface area contributed by atoms with Gasteiger partial charge < -0.3 is 4.74 Å². The number of rotatable bonds is 1. The lowest BCUT2D eigenvalue weighted by atomic mass is 9.96. The number of aromatic nitrogens is 2. The summed E-state index contributed by atoms with van der Waals surface area (Å²) < 4.78 is 9.51. The fraction of sp³-hybridized carbons (Fsp3) is 0.714. The lowest BCUT2D eigenvalue weighted by Gasteiger charge is -2.10. The Hall–Kier alpha value is -1.06. The number of nitrogens with zero attached hydrogens (tertiary/aromatic N) is 2. The van der Waals surface area contributed by atoms with Crippen molar-refractivity contribution in [3.63, 3.8) is 0 Å². The fourth-order valence-electron chi connectivity index (χ4n) is 0.597. The van der Waals surface area contributed by atoms with E-state index in [4.69, 9.17) is 9.26 Å². The Morgan fingerprint density at radius 3 is 2.27 bits per heavy atom. The van der Waals surface area contributed by atoms with E-state index in [2.05, 4.69) is 10.1 Å². The second-order valence-electron chi connectivity index (χ2n) is 3.34. The van der Waals surface area contributed by atoms with Gasteiger partial charge in [-0.2, -0.15) is 4.98 Å². The molecule has 0 saturated carbocycles. The second kappa shape index (κ2) is 2.53. The van der Waals surface area contributed by atoms with E-state index in [0.29, 0.717) is 5.82 Å². The molecule has 0 aromatic carbocycles. The second-order valence-corrected chi connectivity index (χ2v) is 3.34. The highest BCUT2D eigenvalue weighted by Crippen LogP contribution is 2.20. The van der Waals surface area contributed by atoms with Crippen molar-refractivity contribution in [2.75, 3.05) is 7.11 Å². The van der Waals surface area contributed by atoms with Crippen LogP contribution < -0.4 is 4.74 Å². The van der Waals surface area contributed by atoms with Crippen LogP contribution in [0.1, 0.15) is 26.6 Å². The third-order valence-electron chi connectivity index (χ3n) is 1.25. The molecule has 4 heteroatoms. The van der Waals surface area contributed by atoms with Gasteiger partial charge in [-0.15, -0.1) is 0 Å². The monoisotopic (exact) mass is 156 g/mol. The average Bonchev–Trinajstić information content (AvgIpc) is 2.32. The van der Waals surface area contributed by atoms with E-state index in [9.17, 15) is 0 Å². The standard InChI is InChI=1S/C7H12N2O2/c1-7(2,3)5-8-6(10-4)11-9-5/h1-4H3. The molecule has 0 N–H and O–H groups in total. The molecule has 0 aliphatic rings. The molecule has 0 aliphatic heterocycles. The molecule has 0 bridgehead atoms. The number of methoxy groups -OCH3 is 1. The largest absolute Gasteiger partial charge is 0.452 e. The molecule has 0 aliphatic carbocycles. The van der Waals surface area contributed by atoms with Gasteiger partial charge in [0.25, 0.3) is 0 Å². The lowest BCUT2D eigenvalue weighted by molar-refractivity contribution is 0.249. The molecule has 1 aromatic heterocycles. The molecule has 0 fully saturated rings. The zero-order valence-corrected chi connectivity index (χ0v) is 7.21. The van der Waals surface area contributed by atoms with Gasteiger partial charge in [0.05, 0.1) is 7.11 Å². The Balaban J connectivity index is 2.89. The fourth-order valence-corrected chi connectivity index (χ4v) is 0.597. The Kier molecular flexibility index (Phi) is 1.85. The highest BCUT2D eigenvalue weighted by molar-refractivity contribution is 5.01. The van der Waals surface area contributed by atoms with Crippen LogP contribution >= 0.6 is 0 Å². The molecule has 4 nitrogen and oxygen atoms in total. The zero-order chi connectivity index (χ0) is 8.48. The maximum atomic E-state index is 4.76. The molecule has 62 valence electrons. The van der Waals surface area contributed by atoms with Crippen LogP contribution in [0.3, 0.4) is 0 Å². The minimum absolute atomic E-state index is 0.0831. The molecular formula is C7H12N2O2. The summed E-state index contributed by atoms with van der Waals surface area (Å²) in [6.45, 7) is 6.03. The van der Waals surface area contributed by atoms with E-state index in [1.807, 2.05) is 20.8 Å². The first-order valence-electron chi connectivity index (χ1n) is 3.42. The highest BCUT2D eigenvalue weighted by atomic mass is 16.6. The van der Waals surface area contributed by atoms with Crippen LogP contribution in [-0.2, 0) is 5.41 Å². The van der Waals surface area contributed by atoms with Crippen LogP contribution in [-0.4, -0.2) is 17.3 Å². The van der Waals surface area contributed by atoms with Gasteiger partial charge in [0.15, 0.2) is 5.82 Å². The molecule has 1 aromatic rings. The molecule has 0 unspecified atom stereocenters. The van der Waals surface area contributed by atoms with Crippen LogP contribution in [0.4, 0.5) is 0 Å². The molecule has 0 spiro atoms. The van der Waals surface area contributed by atoms with Crippen molar-refractivity contribution in [3.05, 3.63) is 5.82 Å². The van der Waals surface area contributed by atoms with Gasteiger partial charge in [-0.25, -0.2) is 0 Å². The van der Waals surface area contributed by atoms with Gasteiger partial charge >= 0.3 is 6.08 Å². The van der Waals surface area contributed by atoms with E-state index in [1.54, 1.807) is 0 Å². The summed E-state index contributed by atoms with van der Waals surface area (Å²) in [6.07, 6.45) is 0.218.